The highest BCUT2D eigenvalue weighted by atomic mass is 16.2. The first-order chi connectivity index (χ1) is 14.8. The minimum Gasteiger partial charge on any atom is -0.353 e. The number of rotatable bonds is 5. The van der Waals surface area contributed by atoms with Crippen LogP contribution in [0.25, 0.3) is 0 Å². The van der Waals surface area contributed by atoms with Crippen molar-refractivity contribution in [3.8, 4) is 6.07 Å². The molecule has 1 aliphatic heterocycles. The number of benzene rings is 1. The Labute approximate surface area is 183 Å². The van der Waals surface area contributed by atoms with Gasteiger partial charge in [0.05, 0.1) is 11.6 Å². The fourth-order valence-electron chi connectivity index (χ4n) is 3.51. The number of anilines is 1. The molecule has 7 heteroatoms. The summed E-state index contributed by atoms with van der Waals surface area (Å²) >= 11 is 0. The van der Waals surface area contributed by atoms with E-state index in [0.29, 0.717) is 43.9 Å². The van der Waals surface area contributed by atoms with Gasteiger partial charge in [-0.3, -0.25) is 9.59 Å². The van der Waals surface area contributed by atoms with E-state index in [0.717, 1.165) is 5.82 Å². The summed E-state index contributed by atoms with van der Waals surface area (Å²) in [6.07, 6.45) is 1.90. The molecule has 2 heterocycles. The Kier molecular flexibility index (Phi) is 6.91. The molecule has 1 aromatic heterocycles. The van der Waals surface area contributed by atoms with Crippen LogP contribution in [0, 0.1) is 11.3 Å². The molecule has 0 atom stereocenters. The zero-order valence-corrected chi connectivity index (χ0v) is 18.4. The standard InChI is InChI=1S/C24H29N5O2/c1-24(2,3)20-6-4-19(5-7-20)23(31)27-11-9-22(30)29-14-12-28(13-15-29)21-16-18(17-25)8-10-26-21/h4-8,10,16H,9,11-15H2,1-3H3,(H,27,31). The van der Waals surface area contributed by atoms with E-state index in [4.69, 9.17) is 5.26 Å². The van der Waals surface area contributed by atoms with Crippen LogP contribution < -0.4 is 10.2 Å². The molecule has 31 heavy (non-hydrogen) atoms. The lowest BCUT2D eigenvalue weighted by Gasteiger charge is -2.35. The molecule has 1 aromatic carbocycles. The molecule has 1 aliphatic rings. The van der Waals surface area contributed by atoms with Gasteiger partial charge in [-0.05, 0) is 35.2 Å². The van der Waals surface area contributed by atoms with Crippen molar-refractivity contribution in [3.05, 3.63) is 59.3 Å². The van der Waals surface area contributed by atoms with Crippen molar-refractivity contribution in [2.45, 2.75) is 32.6 Å². The van der Waals surface area contributed by atoms with Gasteiger partial charge in [-0.1, -0.05) is 32.9 Å². The second kappa shape index (κ2) is 9.61. The number of hydrogen-bond acceptors (Lipinski definition) is 5. The lowest BCUT2D eigenvalue weighted by atomic mass is 9.87. The Morgan fingerprint density at radius 3 is 2.39 bits per heavy atom. The topological polar surface area (TPSA) is 89.3 Å². The van der Waals surface area contributed by atoms with Crippen LogP contribution in [0.15, 0.2) is 42.6 Å². The van der Waals surface area contributed by atoms with Crippen LogP contribution in [0.1, 0.15) is 48.7 Å². The van der Waals surface area contributed by atoms with Gasteiger partial charge in [-0.2, -0.15) is 5.26 Å². The smallest absolute Gasteiger partial charge is 0.251 e. The third kappa shape index (κ3) is 5.82. The van der Waals surface area contributed by atoms with Crippen molar-refractivity contribution in [1.29, 1.82) is 5.26 Å². The summed E-state index contributed by atoms with van der Waals surface area (Å²) in [5.74, 6) is 0.624. The number of carbonyl (C=O) groups excluding carboxylic acids is 2. The SMILES string of the molecule is CC(C)(C)c1ccc(C(=O)NCCC(=O)N2CCN(c3cc(C#N)ccn3)CC2)cc1. The van der Waals surface area contributed by atoms with E-state index in [1.54, 1.807) is 18.3 Å². The highest BCUT2D eigenvalue weighted by Gasteiger charge is 2.22. The summed E-state index contributed by atoms with van der Waals surface area (Å²) < 4.78 is 0. The molecule has 0 saturated carbocycles. The van der Waals surface area contributed by atoms with E-state index in [1.807, 2.05) is 29.2 Å². The number of nitriles is 1. The molecule has 1 fully saturated rings. The molecule has 2 amide bonds. The molecule has 0 bridgehead atoms. The summed E-state index contributed by atoms with van der Waals surface area (Å²) in [5, 5.41) is 11.9. The van der Waals surface area contributed by atoms with Gasteiger partial charge in [-0.25, -0.2) is 4.98 Å². The van der Waals surface area contributed by atoms with Gasteiger partial charge in [-0.15, -0.1) is 0 Å². The summed E-state index contributed by atoms with van der Waals surface area (Å²) in [7, 11) is 0. The molecular formula is C24H29N5O2. The van der Waals surface area contributed by atoms with Crippen LogP contribution in [-0.4, -0.2) is 54.4 Å². The largest absolute Gasteiger partial charge is 0.353 e. The van der Waals surface area contributed by atoms with E-state index in [9.17, 15) is 9.59 Å². The summed E-state index contributed by atoms with van der Waals surface area (Å²) in [4.78, 5) is 33.1. The van der Waals surface area contributed by atoms with Gasteiger partial charge in [0.1, 0.15) is 5.82 Å². The van der Waals surface area contributed by atoms with Crippen LogP contribution in [0.3, 0.4) is 0 Å². The number of nitrogens with zero attached hydrogens (tertiary/aromatic N) is 4. The molecule has 0 aliphatic carbocycles. The molecular weight excluding hydrogens is 390 g/mol. The van der Waals surface area contributed by atoms with Crippen molar-refractivity contribution in [1.82, 2.24) is 15.2 Å². The van der Waals surface area contributed by atoms with Gasteiger partial charge >= 0.3 is 0 Å². The molecule has 162 valence electrons. The number of aromatic nitrogens is 1. The third-order valence-corrected chi connectivity index (χ3v) is 5.47. The Hall–Kier alpha value is -3.40. The molecule has 0 unspecified atom stereocenters. The minimum absolute atomic E-state index is 0.0294. The summed E-state index contributed by atoms with van der Waals surface area (Å²) in [6, 6.07) is 13.2. The summed E-state index contributed by atoms with van der Waals surface area (Å²) in [5.41, 5.74) is 2.39. The highest BCUT2D eigenvalue weighted by Crippen LogP contribution is 2.22. The number of hydrogen-bond donors (Lipinski definition) is 1. The number of nitrogens with one attached hydrogen (secondary N) is 1. The lowest BCUT2D eigenvalue weighted by molar-refractivity contribution is -0.131. The van der Waals surface area contributed by atoms with Crippen LogP contribution in [0.4, 0.5) is 5.82 Å². The number of carbonyl (C=O) groups is 2. The highest BCUT2D eigenvalue weighted by molar-refractivity contribution is 5.94. The van der Waals surface area contributed by atoms with E-state index in [-0.39, 0.29) is 23.7 Å². The molecule has 0 spiro atoms. The molecule has 0 radical (unpaired) electrons. The maximum Gasteiger partial charge on any atom is 0.251 e. The monoisotopic (exact) mass is 419 g/mol. The van der Waals surface area contributed by atoms with Gasteiger partial charge in [0, 0.05) is 50.9 Å². The maximum atomic E-state index is 12.5. The van der Waals surface area contributed by atoms with Crippen LogP contribution >= 0.6 is 0 Å². The lowest BCUT2D eigenvalue weighted by Crippen LogP contribution is -2.49. The van der Waals surface area contributed by atoms with Crippen molar-refractivity contribution >= 4 is 17.6 Å². The molecule has 3 rings (SSSR count). The first-order valence-corrected chi connectivity index (χ1v) is 10.6. The zero-order chi connectivity index (χ0) is 22.4. The van der Waals surface area contributed by atoms with Crippen molar-refractivity contribution in [3.63, 3.8) is 0 Å². The Bertz CT molecular complexity index is 965. The van der Waals surface area contributed by atoms with Gasteiger partial charge < -0.3 is 15.1 Å². The number of piperazine rings is 1. The van der Waals surface area contributed by atoms with Crippen LogP contribution in [0.2, 0.25) is 0 Å². The second-order valence-corrected chi connectivity index (χ2v) is 8.72. The van der Waals surface area contributed by atoms with Gasteiger partial charge in [0.25, 0.3) is 5.91 Å². The maximum absolute atomic E-state index is 12.5. The summed E-state index contributed by atoms with van der Waals surface area (Å²) in [6.45, 7) is 9.23. The average Bonchev–Trinajstić information content (AvgIpc) is 2.78. The van der Waals surface area contributed by atoms with E-state index in [2.05, 4.69) is 42.0 Å². The second-order valence-electron chi connectivity index (χ2n) is 8.72. The van der Waals surface area contributed by atoms with Gasteiger partial charge in [0.2, 0.25) is 5.91 Å². The molecule has 2 aromatic rings. The normalized spacial score (nSPS) is 14.1. The van der Waals surface area contributed by atoms with E-state index >= 15 is 0 Å². The number of pyridine rings is 1. The zero-order valence-electron chi connectivity index (χ0n) is 18.4. The first kappa shape index (κ1) is 22.3. The molecule has 1 N–H and O–H groups in total. The Balaban J connectivity index is 1.43. The fourth-order valence-corrected chi connectivity index (χ4v) is 3.51. The van der Waals surface area contributed by atoms with Crippen molar-refractivity contribution < 1.29 is 9.59 Å². The van der Waals surface area contributed by atoms with E-state index in [1.165, 1.54) is 5.56 Å². The van der Waals surface area contributed by atoms with Crippen molar-refractivity contribution in [2.24, 2.45) is 0 Å². The minimum atomic E-state index is -0.165. The third-order valence-electron chi connectivity index (χ3n) is 5.47. The predicted molar refractivity (Wildman–Crippen MR) is 120 cm³/mol. The molecule has 1 saturated heterocycles. The molecule has 7 nitrogen and oxygen atoms in total. The predicted octanol–water partition coefficient (Wildman–Crippen LogP) is 2.72. The van der Waals surface area contributed by atoms with Crippen molar-refractivity contribution in [2.75, 3.05) is 37.6 Å². The Morgan fingerprint density at radius 1 is 1.10 bits per heavy atom. The van der Waals surface area contributed by atoms with Crippen LogP contribution in [0.5, 0.6) is 0 Å². The first-order valence-electron chi connectivity index (χ1n) is 10.6. The average molecular weight is 420 g/mol. The van der Waals surface area contributed by atoms with E-state index < -0.39 is 0 Å². The Morgan fingerprint density at radius 2 is 1.77 bits per heavy atom. The quantitative estimate of drug-likeness (QED) is 0.805. The van der Waals surface area contributed by atoms with Crippen LogP contribution in [-0.2, 0) is 10.2 Å². The number of amides is 2. The fraction of sp³-hybridized carbons (Fsp3) is 0.417. The van der Waals surface area contributed by atoms with Gasteiger partial charge in [0.15, 0.2) is 0 Å².